The van der Waals surface area contributed by atoms with Gasteiger partial charge in [-0.1, -0.05) is 72.5 Å². The van der Waals surface area contributed by atoms with E-state index < -0.39 is 0 Å². The van der Waals surface area contributed by atoms with Crippen LogP contribution >= 0.6 is 0 Å². The van der Waals surface area contributed by atoms with Gasteiger partial charge in [0.25, 0.3) is 0 Å². The van der Waals surface area contributed by atoms with Crippen molar-refractivity contribution >= 4 is 5.97 Å². The third kappa shape index (κ3) is 8.84. The molecule has 0 N–H and O–H groups in total. The third-order valence-corrected chi connectivity index (χ3v) is 11.8. The van der Waals surface area contributed by atoms with Crippen LogP contribution in [-0.2, 0) is 19.0 Å². The molecule has 0 aromatic carbocycles. The van der Waals surface area contributed by atoms with Gasteiger partial charge in [-0.2, -0.15) is 0 Å². The van der Waals surface area contributed by atoms with E-state index in [1.807, 2.05) is 19.4 Å². The molecule has 4 aliphatic rings. The maximum absolute atomic E-state index is 11.3. The third-order valence-electron chi connectivity index (χ3n) is 11.8. The van der Waals surface area contributed by atoms with Gasteiger partial charge in [0.05, 0.1) is 19.8 Å². The summed E-state index contributed by atoms with van der Waals surface area (Å²) in [5.41, 5.74) is 2.89. The molecule has 0 heterocycles. The Balaban J connectivity index is 0.00000226. The van der Waals surface area contributed by atoms with Crippen LogP contribution in [0.5, 0.6) is 0 Å². The molecule has 0 aliphatic heterocycles. The number of ether oxygens (including phenoxy) is 3. The summed E-state index contributed by atoms with van der Waals surface area (Å²) in [4.78, 5) is 11.3. The number of carbonyl (C=O) groups excluding carboxylic acids is 1. The van der Waals surface area contributed by atoms with Crippen molar-refractivity contribution in [2.75, 3.05) is 33.0 Å². The van der Waals surface area contributed by atoms with Gasteiger partial charge in [0, 0.05) is 6.61 Å². The van der Waals surface area contributed by atoms with Gasteiger partial charge in [0.1, 0.15) is 6.61 Å². The van der Waals surface area contributed by atoms with Crippen LogP contribution in [0.2, 0.25) is 0 Å². The van der Waals surface area contributed by atoms with Crippen molar-refractivity contribution in [1.29, 1.82) is 0 Å². The van der Waals surface area contributed by atoms with Crippen LogP contribution in [0, 0.1) is 46.3 Å². The normalized spacial score (nSPS) is 34.1. The number of unbranched alkanes of at least 4 members (excludes halogenated alkanes) is 1. The molecule has 0 amide bonds. The summed E-state index contributed by atoms with van der Waals surface area (Å²) in [6.45, 7) is 18.1. The first kappa shape index (κ1) is 34.6. The molecule has 7 atom stereocenters. The van der Waals surface area contributed by atoms with Crippen molar-refractivity contribution in [2.45, 2.75) is 138 Å². The van der Waals surface area contributed by atoms with Crippen LogP contribution in [0.1, 0.15) is 138 Å². The molecule has 0 bridgehead atoms. The van der Waals surface area contributed by atoms with Crippen molar-refractivity contribution in [1.82, 2.24) is 0 Å². The Kier molecular flexibility index (Phi) is 14.2. The number of rotatable bonds is 15. The van der Waals surface area contributed by atoms with E-state index in [0.29, 0.717) is 30.7 Å². The minimum absolute atomic E-state index is 0.0218. The summed E-state index contributed by atoms with van der Waals surface area (Å²) >= 11 is 0. The number of allylic oxidation sites excluding steroid dienone is 2. The van der Waals surface area contributed by atoms with Crippen LogP contribution in [0.3, 0.4) is 0 Å². The molecule has 0 saturated heterocycles. The summed E-state index contributed by atoms with van der Waals surface area (Å²) < 4.78 is 16.0. The highest BCUT2D eigenvalue weighted by atomic mass is 16.6. The molecule has 0 spiro atoms. The van der Waals surface area contributed by atoms with Gasteiger partial charge < -0.3 is 14.2 Å². The molecular formula is C37H66O4. The van der Waals surface area contributed by atoms with E-state index in [2.05, 4.69) is 33.8 Å². The monoisotopic (exact) mass is 574 g/mol. The average Bonchev–Trinajstić information content (AvgIpc) is 3.29. The first-order chi connectivity index (χ1) is 19.8. The van der Waals surface area contributed by atoms with Crippen LogP contribution in [0.25, 0.3) is 0 Å². The SMILES string of the molecule is CC.CCOC(=O)COCCOCCCC1CCC2(C)C(=CCC3C2CCC2(C)C(CCCCC(C)C)CCC32)C1. The topological polar surface area (TPSA) is 44.8 Å². The van der Waals surface area contributed by atoms with Crippen molar-refractivity contribution in [2.24, 2.45) is 46.3 Å². The maximum Gasteiger partial charge on any atom is 0.332 e. The molecule has 238 valence electrons. The van der Waals surface area contributed by atoms with E-state index in [4.69, 9.17) is 14.2 Å². The van der Waals surface area contributed by atoms with Crippen molar-refractivity contribution in [3.8, 4) is 0 Å². The molecule has 41 heavy (non-hydrogen) atoms. The summed E-state index contributed by atoms with van der Waals surface area (Å²) in [5.74, 6) is 5.19. The lowest BCUT2D eigenvalue weighted by Gasteiger charge is -2.58. The molecule has 0 aromatic rings. The zero-order valence-electron chi connectivity index (χ0n) is 28.1. The van der Waals surface area contributed by atoms with Crippen molar-refractivity contribution < 1.29 is 19.0 Å². The summed E-state index contributed by atoms with van der Waals surface area (Å²) in [7, 11) is 0. The molecule has 7 unspecified atom stereocenters. The van der Waals surface area contributed by atoms with E-state index >= 15 is 0 Å². The lowest BCUT2D eigenvalue weighted by Crippen LogP contribution is -2.50. The van der Waals surface area contributed by atoms with Crippen LogP contribution < -0.4 is 0 Å². The molecule has 4 aliphatic carbocycles. The van der Waals surface area contributed by atoms with Gasteiger partial charge >= 0.3 is 5.97 Å². The fourth-order valence-corrected chi connectivity index (χ4v) is 9.56. The lowest BCUT2D eigenvalue weighted by atomic mass is 9.47. The largest absolute Gasteiger partial charge is 0.464 e. The Labute approximate surface area is 254 Å². The highest BCUT2D eigenvalue weighted by Crippen LogP contribution is 2.67. The van der Waals surface area contributed by atoms with E-state index in [1.165, 1.54) is 83.5 Å². The van der Waals surface area contributed by atoms with Crippen molar-refractivity contribution in [3.63, 3.8) is 0 Å². The van der Waals surface area contributed by atoms with Crippen LogP contribution in [-0.4, -0.2) is 39.0 Å². The van der Waals surface area contributed by atoms with Gasteiger partial charge in [-0.25, -0.2) is 4.79 Å². The summed E-state index contributed by atoms with van der Waals surface area (Å²) in [6.07, 6.45) is 22.4. The van der Waals surface area contributed by atoms with E-state index in [0.717, 1.165) is 48.5 Å². The van der Waals surface area contributed by atoms with Gasteiger partial charge in [0.15, 0.2) is 0 Å². The summed E-state index contributed by atoms with van der Waals surface area (Å²) in [6, 6.07) is 0. The smallest absolute Gasteiger partial charge is 0.332 e. The molecule has 3 fully saturated rings. The predicted molar refractivity (Wildman–Crippen MR) is 171 cm³/mol. The minimum atomic E-state index is -0.299. The Hall–Kier alpha value is -0.870. The van der Waals surface area contributed by atoms with E-state index in [-0.39, 0.29) is 12.6 Å². The maximum atomic E-state index is 11.3. The quantitative estimate of drug-likeness (QED) is 0.111. The van der Waals surface area contributed by atoms with E-state index in [1.54, 1.807) is 6.92 Å². The lowest BCUT2D eigenvalue weighted by molar-refractivity contribution is -0.148. The Morgan fingerprint density at radius 2 is 1.71 bits per heavy atom. The average molecular weight is 575 g/mol. The molecular weight excluding hydrogens is 508 g/mol. The Morgan fingerprint density at radius 3 is 2.46 bits per heavy atom. The highest BCUT2D eigenvalue weighted by Gasteiger charge is 2.58. The molecule has 4 nitrogen and oxygen atoms in total. The fraction of sp³-hybridized carbons (Fsp3) is 0.919. The highest BCUT2D eigenvalue weighted by molar-refractivity contribution is 5.70. The van der Waals surface area contributed by atoms with Crippen LogP contribution in [0.4, 0.5) is 0 Å². The predicted octanol–water partition coefficient (Wildman–Crippen LogP) is 9.80. The Bertz CT molecular complexity index is 805. The van der Waals surface area contributed by atoms with Crippen molar-refractivity contribution in [3.05, 3.63) is 11.6 Å². The van der Waals surface area contributed by atoms with Crippen LogP contribution in [0.15, 0.2) is 11.6 Å². The molecule has 3 saturated carbocycles. The second-order valence-corrected chi connectivity index (χ2v) is 14.5. The first-order valence-corrected chi connectivity index (χ1v) is 17.8. The van der Waals surface area contributed by atoms with Gasteiger partial charge in [-0.15, -0.1) is 0 Å². The van der Waals surface area contributed by atoms with Gasteiger partial charge in [-0.05, 0) is 124 Å². The number of hydrogen-bond acceptors (Lipinski definition) is 4. The van der Waals surface area contributed by atoms with Gasteiger partial charge in [0.2, 0.25) is 0 Å². The standard InChI is InChI=1S/C35H60O4.C2H6/c1-6-39-33(36)25-38-23-22-37-21-9-11-27-17-19-35(5)29(24-27)13-15-30-31-16-14-28(12-8-7-10-26(2)3)34(31,4)20-18-32(30)35;1-2/h13,26-28,30-32H,6-12,14-25H2,1-5H3;1-2H3. The molecule has 4 rings (SSSR count). The Morgan fingerprint density at radius 1 is 0.927 bits per heavy atom. The van der Waals surface area contributed by atoms with Gasteiger partial charge in [-0.3, -0.25) is 0 Å². The van der Waals surface area contributed by atoms with E-state index in [9.17, 15) is 4.79 Å². The number of carbonyl (C=O) groups is 1. The number of esters is 1. The second-order valence-electron chi connectivity index (χ2n) is 14.5. The first-order valence-electron chi connectivity index (χ1n) is 17.8. The molecule has 4 heteroatoms. The molecule has 0 aromatic heterocycles. The minimum Gasteiger partial charge on any atom is -0.464 e. The fourth-order valence-electron chi connectivity index (χ4n) is 9.56. The molecule has 0 radical (unpaired) electrons. The number of hydrogen-bond donors (Lipinski definition) is 0. The zero-order valence-corrected chi connectivity index (χ0v) is 28.1. The second kappa shape index (κ2) is 16.8. The summed E-state index contributed by atoms with van der Waals surface area (Å²) in [5, 5.41) is 0. The zero-order chi connectivity index (χ0) is 29.9. The number of fused-ring (bicyclic) bond motifs is 5.